The van der Waals surface area contributed by atoms with Crippen LogP contribution in [0.1, 0.15) is 0 Å². The second-order valence-corrected chi connectivity index (χ2v) is 17.6. The summed E-state index contributed by atoms with van der Waals surface area (Å²) in [6.45, 7) is 0. The van der Waals surface area contributed by atoms with Gasteiger partial charge in [0.2, 0.25) is 0 Å². The fourth-order valence-corrected chi connectivity index (χ4v) is 13.4. The molecular weight excluding hydrogens is 664 g/mol. The average Bonchev–Trinajstić information content (AvgIpc) is 3.74. The van der Waals surface area contributed by atoms with Crippen molar-refractivity contribution in [3.63, 3.8) is 0 Å². The van der Waals surface area contributed by atoms with Crippen LogP contribution in [0.2, 0.25) is 0 Å². The molecule has 4 aliphatic carbocycles. The zero-order chi connectivity index (χ0) is 33.9. The van der Waals surface area contributed by atoms with E-state index >= 15 is 0 Å². The van der Waals surface area contributed by atoms with Crippen LogP contribution < -0.4 is 10.6 Å². The number of hydrogen-bond acceptors (Lipinski definition) is 1. The lowest BCUT2D eigenvalue weighted by molar-refractivity contribution is 0.613. The first kappa shape index (κ1) is 29.0. The molecule has 242 valence electrons. The van der Waals surface area contributed by atoms with E-state index < -0.39 is 7.92 Å². The molecular formula is C50H31PS. The van der Waals surface area contributed by atoms with Crippen molar-refractivity contribution in [1.82, 2.24) is 0 Å². The maximum Gasteiger partial charge on any atom is 0.0368 e. The van der Waals surface area contributed by atoms with Gasteiger partial charge in [0.05, 0.1) is 0 Å². The van der Waals surface area contributed by atoms with Crippen molar-refractivity contribution >= 4 is 82.4 Å². The maximum atomic E-state index is 2.58. The molecule has 0 saturated carbocycles. The van der Waals surface area contributed by atoms with E-state index in [0.29, 0.717) is 11.8 Å². The number of rotatable bonds is 3. The Balaban J connectivity index is 1.18. The van der Waals surface area contributed by atoms with Gasteiger partial charge in [0.1, 0.15) is 0 Å². The Morgan fingerprint density at radius 2 is 1.21 bits per heavy atom. The van der Waals surface area contributed by atoms with E-state index in [4.69, 9.17) is 0 Å². The molecule has 2 heteroatoms. The van der Waals surface area contributed by atoms with E-state index in [1.54, 1.807) is 0 Å². The molecule has 0 radical (unpaired) electrons. The Morgan fingerprint density at radius 1 is 0.481 bits per heavy atom. The normalized spacial score (nSPS) is 18.8. The monoisotopic (exact) mass is 694 g/mol. The highest BCUT2D eigenvalue weighted by atomic mass is 32.1. The molecule has 12 rings (SSSR count). The predicted octanol–water partition coefficient (Wildman–Crippen LogP) is 13.3. The Morgan fingerprint density at radius 3 is 2.12 bits per heavy atom. The van der Waals surface area contributed by atoms with E-state index in [1.165, 1.54) is 102 Å². The van der Waals surface area contributed by atoms with Crippen LogP contribution in [0.25, 0.3) is 74.7 Å². The van der Waals surface area contributed by atoms with Crippen molar-refractivity contribution < 1.29 is 0 Å². The molecule has 0 amide bonds. The molecule has 3 unspecified atom stereocenters. The van der Waals surface area contributed by atoms with Crippen molar-refractivity contribution in [3.05, 3.63) is 192 Å². The van der Waals surface area contributed by atoms with Crippen LogP contribution in [-0.4, -0.2) is 0 Å². The molecule has 4 aliphatic rings. The lowest BCUT2D eigenvalue weighted by atomic mass is 9.74. The first-order valence-corrected chi connectivity index (χ1v) is 20.3. The van der Waals surface area contributed by atoms with Gasteiger partial charge in [0.25, 0.3) is 0 Å². The summed E-state index contributed by atoms with van der Waals surface area (Å²) in [5.41, 5.74) is 8.31. The Labute approximate surface area is 307 Å². The molecule has 1 heterocycles. The van der Waals surface area contributed by atoms with Gasteiger partial charge >= 0.3 is 0 Å². The number of benzene rings is 7. The fourth-order valence-electron chi connectivity index (χ4n) is 9.50. The highest BCUT2D eigenvalue weighted by Gasteiger charge is 2.34. The van der Waals surface area contributed by atoms with Crippen molar-refractivity contribution in [2.24, 2.45) is 11.8 Å². The maximum absolute atomic E-state index is 2.58. The number of allylic oxidation sites excluding steroid dienone is 12. The summed E-state index contributed by atoms with van der Waals surface area (Å²) in [5.74, 6) is 0.694. The summed E-state index contributed by atoms with van der Waals surface area (Å²) in [5, 5.41) is 15.1. The Hall–Kier alpha value is -5.59. The van der Waals surface area contributed by atoms with Gasteiger partial charge in [0.15, 0.2) is 0 Å². The SMILES string of the molecule is C1=CC2=CC(P(c3ccc4sc5cc6c7c(cccc7c5c4c3)-c3ccccc3-6)c3cc4ccccc4c4ccccc34)=C3C=CC=CC3C2C=C1. The minimum Gasteiger partial charge on any atom is -0.135 e. The molecule has 0 saturated heterocycles. The van der Waals surface area contributed by atoms with Crippen LogP contribution in [0.15, 0.2) is 192 Å². The summed E-state index contributed by atoms with van der Waals surface area (Å²) in [6, 6.07) is 46.3. The van der Waals surface area contributed by atoms with Crippen LogP contribution in [0, 0.1) is 11.8 Å². The first-order valence-electron chi connectivity index (χ1n) is 18.2. The third-order valence-corrected chi connectivity index (χ3v) is 15.4. The van der Waals surface area contributed by atoms with E-state index in [0.717, 1.165) is 0 Å². The van der Waals surface area contributed by atoms with Crippen molar-refractivity contribution in [3.8, 4) is 22.3 Å². The highest BCUT2D eigenvalue weighted by molar-refractivity contribution is 7.77. The standard InChI is InChI=1S/C50H31PS/c1-3-14-33-30(12-1)26-45(39-20-9-7-16-35(33)39)51(46-27-31-13-2-4-15-34(31)36-17-8-10-21-40(36)46)32-24-25-47-44(28-32)50-42-23-11-22-41-37-18-5-6-19-38(37)43(49(41)42)29-48(50)52-47/h1-29,33,35H. The minimum absolute atomic E-state index is 0.327. The van der Waals surface area contributed by atoms with Gasteiger partial charge in [-0.2, -0.15) is 0 Å². The first-order chi connectivity index (χ1) is 25.8. The van der Waals surface area contributed by atoms with Gasteiger partial charge in [0, 0.05) is 32.0 Å². The molecule has 0 bridgehead atoms. The summed E-state index contributed by atoms with van der Waals surface area (Å²) in [4.78, 5) is 0. The van der Waals surface area contributed by atoms with Crippen molar-refractivity contribution in [2.45, 2.75) is 0 Å². The van der Waals surface area contributed by atoms with E-state index in [2.05, 4.69) is 176 Å². The quantitative estimate of drug-likeness (QED) is 0.128. The Bertz CT molecular complexity index is 3090. The number of fused-ring (bicyclic) bond motifs is 13. The smallest absolute Gasteiger partial charge is 0.0368 e. The summed E-state index contributed by atoms with van der Waals surface area (Å²) in [6.07, 6.45) is 21.1. The molecule has 0 spiro atoms. The predicted molar refractivity (Wildman–Crippen MR) is 228 cm³/mol. The number of thiophene rings is 1. The van der Waals surface area contributed by atoms with Gasteiger partial charge in [-0.25, -0.2) is 0 Å². The molecule has 52 heavy (non-hydrogen) atoms. The van der Waals surface area contributed by atoms with Crippen LogP contribution in [0.3, 0.4) is 0 Å². The molecule has 0 aliphatic heterocycles. The van der Waals surface area contributed by atoms with Crippen LogP contribution in [0.5, 0.6) is 0 Å². The fraction of sp³-hybridized carbons (Fsp3) is 0.0400. The molecule has 8 aromatic rings. The largest absolute Gasteiger partial charge is 0.135 e. The van der Waals surface area contributed by atoms with Crippen molar-refractivity contribution in [2.75, 3.05) is 0 Å². The topological polar surface area (TPSA) is 0 Å². The van der Waals surface area contributed by atoms with Gasteiger partial charge in [-0.15, -0.1) is 11.3 Å². The lowest BCUT2D eigenvalue weighted by Gasteiger charge is -2.36. The van der Waals surface area contributed by atoms with Crippen LogP contribution in [-0.2, 0) is 0 Å². The third-order valence-electron chi connectivity index (χ3n) is 11.7. The molecule has 7 aromatic carbocycles. The van der Waals surface area contributed by atoms with E-state index in [1.807, 2.05) is 11.3 Å². The van der Waals surface area contributed by atoms with Gasteiger partial charge < -0.3 is 0 Å². The van der Waals surface area contributed by atoms with Gasteiger partial charge in [-0.05, 0) is 120 Å². The summed E-state index contributed by atoms with van der Waals surface area (Å²) in [7, 11) is -0.944. The molecule has 0 N–H and O–H groups in total. The van der Waals surface area contributed by atoms with Gasteiger partial charge in [-0.3, -0.25) is 0 Å². The molecule has 1 aromatic heterocycles. The average molecular weight is 695 g/mol. The Kier molecular flexibility index (Phi) is 6.12. The zero-order valence-electron chi connectivity index (χ0n) is 28.3. The highest BCUT2D eigenvalue weighted by Crippen LogP contribution is 2.56. The van der Waals surface area contributed by atoms with Crippen LogP contribution in [0.4, 0.5) is 0 Å². The number of hydrogen-bond donors (Lipinski definition) is 0. The second kappa shape index (κ2) is 11.0. The second-order valence-electron chi connectivity index (χ2n) is 14.4. The van der Waals surface area contributed by atoms with Crippen LogP contribution >= 0.6 is 19.3 Å². The summed E-state index contributed by atoms with van der Waals surface area (Å²) >= 11 is 1.94. The van der Waals surface area contributed by atoms with E-state index in [9.17, 15) is 0 Å². The molecule has 0 nitrogen and oxygen atoms in total. The summed E-state index contributed by atoms with van der Waals surface area (Å²) < 4.78 is 2.72. The van der Waals surface area contributed by atoms with E-state index in [-0.39, 0.29) is 0 Å². The zero-order valence-corrected chi connectivity index (χ0v) is 30.0. The lowest BCUT2D eigenvalue weighted by Crippen LogP contribution is -2.24. The van der Waals surface area contributed by atoms with Crippen molar-refractivity contribution in [1.29, 1.82) is 0 Å². The minimum atomic E-state index is -0.944. The molecule has 0 fully saturated rings. The molecule has 3 atom stereocenters. The van der Waals surface area contributed by atoms with Gasteiger partial charge in [-0.1, -0.05) is 146 Å². The third kappa shape index (κ3) is 4.01.